The summed E-state index contributed by atoms with van der Waals surface area (Å²) in [4.78, 5) is 24.4. The number of amides is 1. The molecule has 0 radical (unpaired) electrons. The number of carbonyl (C=O) groups is 2. The molecule has 1 atom stereocenters. The summed E-state index contributed by atoms with van der Waals surface area (Å²) in [5, 5.41) is 5.96. The highest BCUT2D eigenvalue weighted by molar-refractivity contribution is 5.92. The van der Waals surface area contributed by atoms with Crippen molar-refractivity contribution in [2.24, 2.45) is 5.92 Å². The fourth-order valence-electron chi connectivity index (χ4n) is 1.76. The van der Waals surface area contributed by atoms with Crippen LogP contribution in [0, 0.1) is 5.92 Å². The number of aldehydes is 1. The van der Waals surface area contributed by atoms with Crippen LogP contribution in [0.2, 0.25) is 0 Å². The molecule has 5 nitrogen and oxygen atoms in total. The van der Waals surface area contributed by atoms with Crippen molar-refractivity contribution in [3.05, 3.63) is 12.2 Å². The van der Waals surface area contributed by atoms with Crippen LogP contribution in [-0.2, 0) is 9.59 Å². The summed E-state index contributed by atoms with van der Waals surface area (Å²) in [7, 11) is 0. The zero-order valence-electron chi connectivity index (χ0n) is 10.4. The Morgan fingerprint density at radius 3 is 2.94 bits per heavy atom. The number of nitrogens with one attached hydrogen (secondary N) is 2. The molecule has 1 aliphatic rings. The first-order valence-electron chi connectivity index (χ1n) is 5.95. The lowest BCUT2D eigenvalue weighted by molar-refractivity contribution is -0.118. The molecule has 1 unspecified atom stereocenters. The third kappa shape index (κ3) is 5.10. The second-order valence-corrected chi connectivity index (χ2v) is 4.48. The highest BCUT2D eigenvalue weighted by Gasteiger charge is 2.16. The highest BCUT2D eigenvalue weighted by Crippen LogP contribution is 2.01. The second-order valence-electron chi connectivity index (χ2n) is 4.48. The minimum atomic E-state index is -0.186. The van der Waals surface area contributed by atoms with Crippen LogP contribution in [0.15, 0.2) is 12.2 Å². The Labute approximate surface area is 102 Å². The van der Waals surface area contributed by atoms with Crippen molar-refractivity contribution in [3.63, 3.8) is 0 Å². The number of hydrogen-bond donors (Lipinski definition) is 2. The molecule has 0 aliphatic carbocycles. The molecular weight excluding hydrogens is 218 g/mol. The summed E-state index contributed by atoms with van der Waals surface area (Å²) < 4.78 is 0. The van der Waals surface area contributed by atoms with E-state index in [0.717, 1.165) is 32.5 Å². The predicted molar refractivity (Wildman–Crippen MR) is 66.4 cm³/mol. The van der Waals surface area contributed by atoms with E-state index in [2.05, 4.69) is 22.1 Å². The van der Waals surface area contributed by atoms with Crippen LogP contribution < -0.4 is 10.6 Å². The third-order valence-corrected chi connectivity index (χ3v) is 2.76. The molecule has 17 heavy (non-hydrogen) atoms. The van der Waals surface area contributed by atoms with Crippen LogP contribution in [0.4, 0.5) is 0 Å². The summed E-state index contributed by atoms with van der Waals surface area (Å²) in [6.07, 6.45) is 2.01. The number of hydrogen-bond acceptors (Lipinski definition) is 4. The van der Waals surface area contributed by atoms with E-state index in [-0.39, 0.29) is 11.8 Å². The molecule has 0 aromatic rings. The molecular formula is C12H21N3O2. The Morgan fingerprint density at radius 1 is 1.65 bits per heavy atom. The number of rotatable bonds is 6. The van der Waals surface area contributed by atoms with Gasteiger partial charge in [0.1, 0.15) is 6.29 Å². The summed E-state index contributed by atoms with van der Waals surface area (Å²) in [5.41, 5.74) is 0.467. The van der Waals surface area contributed by atoms with Gasteiger partial charge in [-0.1, -0.05) is 6.58 Å². The third-order valence-electron chi connectivity index (χ3n) is 2.76. The first-order valence-corrected chi connectivity index (χ1v) is 5.95. The highest BCUT2D eigenvalue weighted by atomic mass is 16.1. The Morgan fingerprint density at radius 2 is 2.41 bits per heavy atom. The smallest absolute Gasteiger partial charge is 0.246 e. The van der Waals surface area contributed by atoms with Crippen molar-refractivity contribution in [2.75, 3.05) is 32.8 Å². The topological polar surface area (TPSA) is 61.4 Å². The van der Waals surface area contributed by atoms with Gasteiger partial charge in [-0.25, -0.2) is 0 Å². The van der Waals surface area contributed by atoms with Gasteiger partial charge < -0.3 is 15.4 Å². The molecule has 0 aromatic heterocycles. The van der Waals surface area contributed by atoms with Crippen molar-refractivity contribution in [1.29, 1.82) is 0 Å². The maximum Gasteiger partial charge on any atom is 0.246 e. The fraction of sp³-hybridized carbons (Fsp3) is 0.667. The molecule has 0 aromatic carbocycles. The van der Waals surface area contributed by atoms with E-state index in [4.69, 9.17) is 0 Å². The zero-order chi connectivity index (χ0) is 12.7. The lowest BCUT2D eigenvalue weighted by atomic mass is 10.1. The van der Waals surface area contributed by atoms with E-state index >= 15 is 0 Å². The van der Waals surface area contributed by atoms with Crippen LogP contribution in [0.5, 0.6) is 0 Å². The molecule has 96 valence electrons. The van der Waals surface area contributed by atoms with Crippen molar-refractivity contribution in [2.45, 2.75) is 13.3 Å². The Bertz CT molecular complexity index is 285. The SMILES string of the molecule is C=C(C)C(=O)NCC(C=O)CN1CCCNC1. The molecule has 2 N–H and O–H groups in total. The van der Waals surface area contributed by atoms with Crippen LogP contribution in [-0.4, -0.2) is 49.9 Å². The van der Waals surface area contributed by atoms with E-state index < -0.39 is 0 Å². The van der Waals surface area contributed by atoms with Gasteiger partial charge in [0.25, 0.3) is 0 Å². The van der Waals surface area contributed by atoms with Gasteiger partial charge in [-0.05, 0) is 19.9 Å². The van der Waals surface area contributed by atoms with E-state index in [1.54, 1.807) is 6.92 Å². The van der Waals surface area contributed by atoms with E-state index in [1.807, 2.05) is 0 Å². The molecule has 1 amide bonds. The normalized spacial score (nSPS) is 18.4. The molecule has 0 saturated carbocycles. The summed E-state index contributed by atoms with van der Waals surface area (Å²) in [6.45, 7) is 9.13. The molecule has 1 fully saturated rings. The monoisotopic (exact) mass is 239 g/mol. The second kappa shape index (κ2) is 7.19. The van der Waals surface area contributed by atoms with Gasteiger partial charge in [-0.3, -0.25) is 9.69 Å². The maximum atomic E-state index is 11.3. The molecule has 0 bridgehead atoms. The first-order chi connectivity index (χ1) is 8.13. The van der Waals surface area contributed by atoms with E-state index in [1.165, 1.54) is 0 Å². The van der Waals surface area contributed by atoms with Gasteiger partial charge in [-0.2, -0.15) is 0 Å². The van der Waals surface area contributed by atoms with Gasteiger partial charge in [-0.15, -0.1) is 0 Å². The standard InChI is InChI=1S/C12H21N3O2/c1-10(2)12(17)14-6-11(8-16)7-15-5-3-4-13-9-15/h8,11,13H,1,3-7,9H2,2H3,(H,14,17). The Balaban J connectivity index is 2.29. The molecule has 1 rings (SSSR count). The van der Waals surface area contributed by atoms with Crippen LogP contribution in [0.3, 0.4) is 0 Å². The largest absolute Gasteiger partial charge is 0.352 e. The molecule has 5 heteroatoms. The summed E-state index contributed by atoms with van der Waals surface area (Å²) >= 11 is 0. The minimum absolute atomic E-state index is 0.154. The molecule has 1 heterocycles. The van der Waals surface area contributed by atoms with Crippen LogP contribution in [0.1, 0.15) is 13.3 Å². The average Bonchev–Trinajstić information content (AvgIpc) is 2.35. The van der Waals surface area contributed by atoms with Crippen LogP contribution in [0.25, 0.3) is 0 Å². The zero-order valence-corrected chi connectivity index (χ0v) is 10.4. The maximum absolute atomic E-state index is 11.3. The summed E-state index contributed by atoms with van der Waals surface area (Å²) in [5.74, 6) is -0.341. The lowest BCUT2D eigenvalue weighted by Crippen LogP contribution is -2.45. The van der Waals surface area contributed by atoms with Gasteiger partial charge >= 0.3 is 0 Å². The molecule has 0 spiro atoms. The fourth-order valence-corrected chi connectivity index (χ4v) is 1.76. The first kappa shape index (κ1) is 13.9. The van der Waals surface area contributed by atoms with Crippen molar-refractivity contribution >= 4 is 12.2 Å². The predicted octanol–water partition coefficient (Wildman–Crippen LogP) is -0.253. The molecule has 1 aliphatic heterocycles. The van der Waals surface area contributed by atoms with Crippen LogP contribution >= 0.6 is 0 Å². The lowest BCUT2D eigenvalue weighted by Gasteiger charge is -2.29. The van der Waals surface area contributed by atoms with Gasteiger partial charge in [0.2, 0.25) is 5.91 Å². The number of carbonyl (C=O) groups excluding carboxylic acids is 2. The summed E-state index contributed by atoms with van der Waals surface area (Å²) in [6, 6.07) is 0. The van der Waals surface area contributed by atoms with Crippen molar-refractivity contribution in [3.8, 4) is 0 Å². The quantitative estimate of drug-likeness (QED) is 0.495. The van der Waals surface area contributed by atoms with Gasteiger partial charge in [0.15, 0.2) is 0 Å². The van der Waals surface area contributed by atoms with Crippen molar-refractivity contribution in [1.82, 2.24) is 15.5 Å². The molecule has 1 saturated heterocycles. The van der Waals surface area contributed by atoms with Crippen molar-refractivity contribution < 1.29 is 9.59 Å². The van der Waals surface area contributed by atoms with Gasteiger partial charge in [0, 0.05) is 37.8 Å². The van der Waals surface area contributed by atoms with Gasteiger partial charge in [0.05, 0.1) is 0 Å². The minimum Gasteiger partial charge on any atom is -0.352 e. The Hall–Kier alpha value is -1.20. The van der Waals surface area contributed by atoms with E-state index in [0.29, 0.717) is 18.7 Å². The Kier molecular flexibility index (Phi) is 5.86. The van der Waals surface area contributed by atoms with E-state index in [9.17, 15) is 9.59 Å². The number of nitrogens with zero attached hydrogens (tertiary/aromatic N) is 1. The average molecular weight is 239 g/mol.